The van der Waals surface area contributed by atoms with E-state index in [1.165, 1.54) is 7.11 Å². The number of aliphatic hydroxyl groups is 3. The molecule has 0 aromatic carbocycles. The molecular formula is C31H51NO11. The van der Waals surface area contributed by atoms with Crippen LogP contribution >= 0.6 is 0 Å². The second-order valence-corrected chi connectivity index (χ2v) is 11.7. The van der Waals surface area contributed by atoms with Gasteiger partial charge in [0.1, 0.15) is 30.7 Å². The summed E-state index contributed by atoms with van der Waals surface area (Å²) in [5, 5.41) is 32.9. The Balaban J connectivity index is 2.63. The smallest absolute Gasteiger partial charge is 0.309 e. The molecule has 0 amide bonds. The van der Waals surface area contributed by atoms with Crippen LogP contribution in [0.15, 0.2) is 24.3 Å². The fourth-order valence-electron chi connectivity index (χ4n) is 5.63. The van der Waals surface area contributed by atoms with Crippen LogP contribution < -0.4 is 0 Å². The number of ether oxygens (including phenoxy) is 5. The summed E-state index contributed by atoms with van der Waals surface area (Å²) >= 11 is 0. The molecule has 2 aliphatic rings. The third-order valence-electron chi connectivity index (χ3n) is 8.07. The summed E-state index contributed by atoms with van der Waals surface area (Å²) in [6.07, 6.45) is -1.00. The van der Waals surface area contributed by atoms with Crippen molar-refractivity contribution in [3.05, 3.63) is 24.3 Å². The van der Waals surface area contributed by atoms with E-state index in [1.807, 2.05) is 13.0 Å². The molecule has 5 unspecified atom stereocenters. The molecule has 0 aliphatic carbocycles. The molecule has 2 rings (SSSR count). The Bertz CT molecular complexity index is 941. The van der Waals surface area contributed by atoms with Crippen LogP contribution in [0, 0.1) is 11.8 Å². The highest BCUT2D eigenvalue weighted by Crippen LogP contribution is 2.34. The number of carbonyl (C=O) groups is 3. The van der Waals surface area contributed by atoms with Crippen molar-refractivity contribution in [3.63, 3.8) is 0 Å². The van der Waals surface area contributed by atoms with Gasteiger partial charge in [-0.2, -0.15) is 0 Å². The van der Waals surface area contributed by atoms with Gasteiger partial charge in [-0.25, -0.2) is 0 Å². The number of cyclic esters (lactones) is 1. The van der Waals surface area contributed by atoms with Crippen LogP contribution in [-0.4, -0.2) is 121 Å². The first-order valence-corrected chi connectivity index (χ1v) is 15.0. The van der Waals surface area contributed by atoms with Crippen LogP contribution in [0.1, 0.15) is 59.8 Å². The number of hydrogen-bond donors (Lipinski definition) is 3. The molecule has 0 radical (unpaired) electrons. The van der Waals surface area contributed by atoms with Gasteiger partial charge in [0.15, 0.2) is 6.29 Å². The molecule has 246 valence electrons. The van der Waals surface area contributed by atoms with E-state index >= 15 is 0 Å². The summed E-state index contributed by atoms with van der Waals surface area (Å²) in [6.45, 7) is 6.84. The molecule has 0 saturated carbocycles. The average molecular weight is 614 g/mol. The molecule has 1 saturated heterocycles. The predicted octanol–water partition coefficient (Wildman–Crippen LogP) is 1.54. The van der Waals surface area contributed by atoms with E-state index in [2.05, 4.69) is 0 Å². The van der Waals surface area contributed by atoms with Gasteiger partial charge in [-0.05, 0) is 46.2 Å². The molecule has 12 heteroatoms. The molecule has 3 N–H and O–H groups in total. The Morgan fingerprint density at radius 2 is 1.81 bits per heavy atom. The van der Waals surface area contributed by atoms with Crippen molar-refractivity contribution in [1.29, 1.82) is 0 Å². The van der Waals surface area contributed by atoms with Gasteiger partial charge in [-0.1, -0.05) is 38.2 Å². The van der Waals surface area contributed by atoms with Crippen molar-refractivity contribution in [2.45, 2.75) is 121 Å². The van der Waals surface area contributed by atoms with E-state index in [1.54, 1.807) is 58.0 Å². The van der Waals surface area contributed by atoms with Crippen LogP contribution in [0.25, 0.3) is 0 Å². The molecule has 0 aromatic rings. The van der Waals surface area contributed by atoms with Crippen molar-refractivity contribution < 1.29 is 53.4 Å². The minimum absolute atomic E-state index is 0.0285. The fraction of sp³-hybridized carbons (Fsp3) is 0.774. The van der Waals surface area contributed by atoms with Crippen LogP contribution in [0.3, 0.4) is 0 Å². The number of hydrogen-bond acceptors (Lipinski definition) is 12. The lowest BCUT2D eigenvalue weighted by Gasteiger charge is -2.47. The zero-order valence-electron chi connectivity index (χ0n) is 26.4. The number of methoxy groups -OCH3 is 1. The van der Waals surface area contributed by atoms with Gasteiger partial charge in [0.25, 0.3) is 0 Å². The van der Waals surface area contributed by atoms with Gasteiger partial charge < -0.3 is 48.7 Å². The van der Waals surface area contributed by atoms with E-state index in [9.17, 15) is 29.7 Å². The number of likely N-dealkylation sites (N-methyl/N-ethyl adjacent to an activating group) is 1. The highest BCUT2D eigenvalue weighted by molar-refractivity contribution is 5.72. The van der Waals surface area contributed by atoms with Crippen LogP contribution in [0.2, 0.25) is 0 Å². The monoisotopic (exact) mass is 613 g/mol. The number of nitrogens with zero attached hydrogens (tertiary/aromatic N) is 1. The Hall–Kier alpha value is -2.19. The van der Waals surface area contributed by atoms with Crippen molar-refractivity contribution in [2.75, 3.05) is 21.2 Å². The summed E-state index contributed by atoms with van der Waals surface area (Å²) in [7, 11) is 4.80. The Labute approximate surface area is 254 Å². The lowest BCUT2D eigenvalue weighted by Crippen LogP contribution is -2.63. The van der Waals surface area contributed by atoms with Gasteiger partial charge in [-0.15, -0.1) is 0 Å². The predicted molar refractivity (Wildman–Crippen MR) is 157 cm³/mol. The number of aliphatic hydroxyl groups excluding tert-OH is 3. The molecule has 12 nitrogen and oxygen atoms in total. The molecule has 43 heavy (non-hydrogen) atoms. The summed E-state index contributed by atoms with van der Waals surface area (Å²) in [5.41, 5.74) is 0. The lowest BCUT2D eigenvalue weighted by molar-refractivity contribution is -0.310. The highest BCUT2D eigenvalue weighted by Gasteiger charge is 2.48. The minimum atomic E-state index is -1.31. The molecule has 12 atom stereocenters. The van der Waals surface area contributed by atoms with E-state index in [-0.39, 0.29) is 31.6 Å². The van der Waals surface area contributed by atoms with E-state index in [4.69, 9.17) is 23.7 Å². The zero-order valence-corrected chi connectivity index (χ0v) is 26.4. The maximum absolute atomic E-state index is 13.0. The molecule has 2 aliphatic heterocycles. The third kappa shape index (κ3) is 10.7. The van der Waals surface area contributed by atoms with Crippen molar-refractivity contribution in [3.8, 4) is 0 Å². The van der Waals surface area contributed by atoms with Gasteiger partial charge in [-0.3, -0.25) is 9.59 Å². The SMILES string of the molecule is CCC(=O)O[C@@H]1CC(=O)O[C@H](C)C/C=C/C=C/[C@H](O)[C@H](C)C[C@H](CC=O)[C@H](OC2OC(C)C(O)C(N(C)C)C2O)[C@H]1OC. The maximum atomic E-state index is 13.0. The van der Waals surface area contributed by atoms with Gasteiger partial charge >= 0.3 is 11.9 Å². The third-order valence-corrected chi connectivity index (χ3v) is 8.07. The summed E-state index contributed by atoms with van der Waals surface area (Å²) in [5.74, 6) is -2.17. The first-order chi connectivity index (χ1) is 20.3. The summed E-state index contributed by atoms with van der Waals surface area (Å²) < 4.78 is 29.5. The summed E-state index contributed by atoms with van der Waals surface area (Å²) in [6, 6.07) is -0.741. The fourth-order valence-corrected chi connectivity index (χ4v) is 5.63. The molecule has 1 fully saturated rings. The van der Waals surface area contributed by atoms with Crippen LogP contribution in [0.4, 0.5) is 0 Å². The number of rotatable bonds is 8. The van der Waals surface area contributed by atoms with Crippen molar-refractivity contribution >= 4 is 18.2 Å². The van der Waals surface area contributed by atoms with Crippen LogP contribution in [0.5, 0.6) is 0 Å². The van der Waals surface area contributed by atoms with E-state index in [0.29, 0.717) is 6.42 Å². The lowest BCUT2D eigenvalue weighted by atomic mass is 9.82. The zero-order chi connectivity index (χ0) is 32.3. The Morgan fingerprint density at radius 3 is 2.42 bits per heavy atom. The standard InChI is InChI=1S/C31H51NO11/c1-8-24(35)42-23-17-25(36)40-19(3)12-10-9-11-13-22(34)18(2)16-21(14-15-33)29(30(23)39-7)43-31-28(38)26(32(5)6)27(37)20(4)41-31/h9-11,13,15,18-23,26-31,34,37-38H,8,12,14,16-17H2,1-7H3/b10-9+,13-11+/t18-,19-,20?,21+,22+,23-,26?,27?,28?,29+,30+,31?/m1/s1. The number of aldehydes is 1. The normalized spacial score (nSPS) is 39.9. The second kappa shape index (κ2) is 17.9. The van der Waals surface area contributed by atoms with Crippen molar-refractivity contribution in [1.82, 2.24) is 4.90 Å². The number of esters is 2. The van der Waals surface area contributed by atoms with E-state index < -0.39 is 79.0 Å². The first kappa shape index (κ1) is 37.0. The van der Waals surface area contributed by atoms with Gasteiger partial charge in [0.05, 0.1) is 36.9 Å². The topological polar surface area (TPSA) is 161 Å². The summed E-state index contributed by atoms with van der Waals surface area (Å²) in [4.78, 5) is 39.2. The highest BCUT2D eigenvalue weighted by atomic mass is 16.7. The van der Waals surface area contributed by atoms with Gasteiger partial charge in [0, 0.05) is 26.4 Å². The molecule has 2 heterocycles. The quantitative estimate of drug-likeness (QED) is 0.268. The second-order valence-electron chi connectivity index (χ2n) is 11.7. The maximum Gasteiger partial charge on any atom is 0.309 e. The average Bonchev–Trinajstić information content (AvgIpc) is 2.94. The van der Waals surface area contributed by atoms with Crippen LogP contribution in [-0.2, 0) is 38.1 Å². The van der Waals surface area contributed by atoms with Crippen molar-refractivity contribution in [2.24, 2.45) is 11.8 Å². The molecular weight excluding hydrogens is 562 g/mol. The number of carbonyl (C=O) groups excluding carboxylic acids is 3. The number of allylic oxidation sites excluding steroid dienone is 2. The Kier molecular flexibility index (Phi) is 15.4. The van der Waals surface area contributed by atoms with E-state index in [0.717, 1.165) is 6.29 Å². The minimum Gasteiger partial charge on any atom is -0.462 e. The molecule has 0 spiro atoms. The van der Waals surface area contributed by atoms with Gasteiger partial charge in [0.2, 0.25) is 0 Å². The molecule has 0 aromatic heterocycles. The Morgan fingerprint density at radius 1 is 1.12 bits per heavy atom. The first-order valence-electron chi connectivity index (χ1n) is 15.0. The molecule has 0 bridgehead atoms. The largest absolute Gasteiger partial charge is 0.462 e.